The molecule has 0 amide bonds. The van der Waals surface area contributed by atoms with Crippen molar-refractivity contribution in [1.29, 1.82) is 0 Å². The van der Waals surface area contributed by atoms with Crippen molar-refractivity contribution >= 4 is 11.3 Å². The van der Waals surface area contributed by atoms with Gasteiger partial charge in [-0.05, 0) is 60.7 Å². The average Bonchev–Trinajstić information content (AvgIpc) is 2.70. The van der Waals surface area contributed by atoms with E-state index < -0.39 is 0 Å². The Labute approximate surface area is 103 Å². The van der Waals surface area contributed by atoms with Gasteiger partial charge in [0.25, 0.3) is 0 Å². The molecule has 0 fully saturated rings. The van der Waals surface area contributed by atoms with Gasteiger partial charge in [0.1, 0.15) is 0 Å². The van der Waals surface area contributed by atoms with Crippen LogP contribution in [-0.2, 0) is 6.42 Å². The minimum atomic E-state index is 0.530. The first-order valence-corrected chi connectivity index (χ1v) is 7.02. The van der Waals surface area contributed by atoms with Crippen molar-refractivity contribution in [2.75, 3.05) is 13.1 Å². The molecule has 2 unspecified atom stereocenters. The van der Waals surface area contributed by atoms with Crippen LogP contribution < -0.4 is 11.1 Å². The maximum Gasteiger partial charge on any atom is 0.00795 e. The maximum atomic E-state index is 5.76. The minimum Gasteiger partial charge on any atom is -0.330 e. The van der Waals surface area contributed by atoms with E-state index in [0.717, 1.165) is 19.5 Å². The molecule has 0 bridgehead atoms. The summed E-state index contributed by atoms with van der Waals surface area (Å²) >= 11 is 1.77. The lowest BCUT2D eigenvalue weighted by Crippen LogP contribution is -2.37. The van der Waals surface area contributed by atoms with Crippen molar-refractivity contribution in [1.82, 2.24) is 5.32 Å². The maximum absolute atomic E-state index is 5.76. The van der Waals surface area contributed by atoms with Crippen LogP contribution in [0.2, 0.25) is 0 Å². The zero-order valence-corrected chi connectivity index (χ0v) is 11.4. The van der Waals surface area contributed by atoms with Gasteiger partial charge in [0, 0.05) is 6.04 Å². The van der Waals surface area contributed by atoms with Crippen molar-refractivity contribution in [2.24, 2.45) is 17.6 Å². The highest BCUT2D eigenvalue weighted by molar-refractivity contribution is 7.07. The topological polar surface area (TPSA) is 38.0 Å². The largest absolute Gasteiger partial charge is 0.330 e. The fourth-order valence-corrected chi connectivity index (χ4v) is 2.46. The molecule has 0 saturated carbocycles. The van der Waals surface area contributed by atoms with Gasteiger partial charge in [-0.2, -0.15) is 11.3 Å². The molecule has 0 aliphatic carbocycles. The Morgan fingerprint density at radius 3 is 2.62 bits per heavy atom. The molecule has 1 aromatic heterocycles. The molecule has 0 radical (unpaired) electrons. The predicted octanol–water partition coefficient (Wildman–Crippen LogP) is 2.50. The molecule has 0 aromatic carbocycles. The first kappa shape index (κ1) is 13.7. The molecule has 0 saturated heterocycles. The third-order valence-electron chi connectivity index (χ3n) is 3.10. The Bertz CT molecular complexity index is 269. The summed E-state index contributed by atoms with van der Waals surface area (Å²) in [6.07, 6.45) is 1.11. The van der Waals surface area contributed by atoms with Crippen LogP contribution in [0.25, 0.3) is 0 Å². The molecule has 0 spiro atoms. The van der Waals surface area contributed by atoms with Crippen molar-refractivity contribution in [3.05, 3.63) is 22.4 Å². The van der Waals surface area contributed by atoms with E-state index in [1.165, 1.54) is 5.56 Å². The van der Waals surface area contributed by atoms with Gasteiger partial charge >= 0.3 is 0 Å². The Hall–Kier alpha value is -0.380. The van der Waals surface area contributed by atoms with Crippen LogP contribution in [0.4, 0.5) is 0 Å². The minimum absolute atomic E-state index is 0.530. The lowest BCUT2D eigenvalue weighted by atomic mass is 9.95. The number of rotatable bonds is 7. The number of hydrogen-bond donors (Lipinski definition) is 2. The Morgan fingerprint density at radius 1 is 1.38 bits per heavy atom. The molecule has 92 valence electrons. The molecular weight excluding hydrogens is 216 g/mol. The van der Waals surface area contributed by atoms with Crippen LogP contribution in [-0.4, -0.2) is 19.1 Å². The Balaban J connectivity index is 2.26. The van der Waals surface area contributed by atoms with E-state index in [4.69, 9.17) is 5.73 Å². The zero-order chi connectivity index (χ0) is 12.0. The second-order valence-electron chi connectivity index (χ2n) is 4.88. The smallest absolute Gasteiger partial charge is 0.00795 e. The predicted molar refractivity (Wildman–Crippen MR) is 72.9 cm³/mol. The molecule has 1 aromatic rings. The highest BCUT2D eigenvalue weighted by Crippen LogP contribution is 2.10. The third kappa shape index (κ3) is 4.64. The van der Waals surface area contributed by atoms with E-state index in [-0.39, 0.29) is 0 Å². The van der Waals surface area contributed by atoms with Crippen LogP contribution in [0.1, 0.15) is 26.3 Å². The standard InChI is InChI=1S/C13H24N2S/c1-10(2)13(7-14)8-15-11(3)6-12-4-5-16-9-12/h4-5,9-11,13,15H,6-8,14H2,1-3H3. The molecule has 0 aliphatic heterocycles. The normalized spacial score (nSPS) is 15.3. The molecule has 1 heterocycles. The highest BCUT2D eigenvalue weighted by Gasteiger charge is 2.12. The van der Waals surface area contributed by atoms with Gasteiger partial charge in [-0.1, -0.05) is 13.8 Å². The van der Waals surface area contributed by atoms with Gasteiger partial charge in [0.05, 0.1) is 0 Å². The summed E-state index contributed by atoms with van der Waals surface area (Å²) in [4.78, 5) is 0. The van der Waals surface area contributed by atoms with Crippen molar-refractivity contribution < 1.29 is 0 Å². The van der Waals surface area contributed by atoms with Gasteiger partial charge < -0.3 is 11.1 Å². The SMILES string of the molecule is CC(Cc1ccsc1)NCC(CN)C(C)C. The van der Waals surface area contributed by atoms with Crippen LogP contribution in [0.15, 0.2) is 16.8 Å². The van der Waals surface area contributed by atoms with Crippen LogP contribution >= 0.6 is 11.3 Å². The monoisotopic (exact) mass is 240 g/mol. The lowest BCUT2D eigenvalue weighted by molar-refractivity contribution is 0.354. The summed E-state index contributed by atoms with van der Waals surface area (Å²) in [7, 11) is 0. The molecule has 2 atom stereocenters. The Morgan fingerprint density at radius 2 is 2.12 bits per heavy atom. The van der Waals surface area contributed by atoms with E-state index in [9.17, 15) is 0 Å². The van der Waals surface area contributed by atoms with E-state index in [1.54, 1.807) is 11.3 Å². The molecule has 3 N–H and O–H groups in total. The zero-order valence-electron chi connectivity index (χ0n) is 10.6. The number of hydrogen-bond acceptors (Lipinski definition) is 3. The van der Waals surface area contributed by atoms with Gasteiger partial charge in [0.2, 0.25) is 0 Å². The van der Waals surface area contributed by atoms with E-state index in [1.807, 2.05) is 0 Å². The summed E-state index contributed by atoms with van der Waals surface area (Å²) in [5.74, 6) is 1.25. The fraction of sp³-hybridized carbons (Fsp3) is 0.692. The van der Waals surface area contributed by atoms with Gasteiger partial charge in [-0.15, -0.1) is 0 Å². The van der Waals surface area contributed by atoms with Gasteiger partial charge in [-0.3, -0.25) is 0 Å². The van der Waals surface area contributed by atoms with Gasteiger partial charge in [-0.25, -0.2) is 0 Å². The second-order valence-corrected chi connectivity index (χ2v) is 5.66. The fourth-order valence-electron chi connectivity index (χ4n) is 1.78. The first-order chi connectivity index (χ1) is 7.63. The molecular formula is C13H24N2S. The summed E-state index contributed by atoms with van der Waals surface area (Å²) in [5, 5.41) is 7.94. The highest BCUT2D eigenvalue weighted by atomic mass is 32.1. The number of nitrogens with two attached hydrogens (primary N) is 1. The summed E-state index contributed by atoms with van der Waals surface area (Å²) in [6.45, 7) is 8.52. The molecule has 16 heavy (non-hydrogen) atoms. The quantitative estimate of drug-likeness (QED) is 0.768. The molecule has 1 rings (SSSR count). The van der Waals surface area contributed by atoms with Crippen LogP contribution in [0, 0.1) is 11.8 Å². The third-order valence-corrected chi connectivity index (χ3v) is 3.83. The average molecular weight is 240 g/mol. The summed E-state index contributed by atoms with van der Waals surface area (Å²) < 4.78 is 0. The molecule has 2 nitrogen and oxygen atoms in total. The van der Waals surface area contributed by atoms with E-state index >= 15 is 0 Å². The summed E-state index contributed by atoms with van der Waals surface area (Å²) in [6, 6.07) is 2.73. The van der Waals surface area contributed by atoms with E-state index in [0.29, 0.717) is 17.9 Å². The van der Waals surface area contributed by atoms with Crippen molar-refractivity contribution in [2.45, 2.75) is 33.2 Å². The number of thiophene rings is 1. The first-order valence-electron chi connectivity index (χ1n) is 6.08. The summed E-state index contributed by atoms with van der Waals surface area (Å²) in [5.41, 5.74) is 7.19. The Kier molecular flexibility index (Phi) is 6.03. The molecule has 0 aliphatic rings. The van der Waals surface area contributed by atoms with Crippen LogP contribution in [0.3, 0.4) is 0 Å². The molecule has 3 heteroatoms. The second kappa shape index (κ2) is 7.05. The van der Waals surface area contributed by atoms with E-state index in [2.05, 4.69) is 42.9 Å². The lowest BCUT2D eigenvalue weighted by Gasteiger charge is -2.22. The van der Waals surface area contributed by atoms with Crippen molar-refractivity contribution in [3.8, 4) is 0 Å². The van der Waals surface area contributed by atoms with Crippen molar-refractivity contribution in [3.63, 3.8) is 0 Å². The number of nitrogens with one attached hydrogen (secondary N) is 1. The van der Waals surface area contributed by atoms with Crippen LogP contribution in [0.5, 0.6) is 0 Å². The van der Waals surface area contributed by atoms with Gasteiger partial charge in [0.15, 0.2) is 0 Å².